The molecule has 1 aromatic heterocycles. The number of aromatic nitrogens is 1. The second kappa shape index (κ2) is 4.62. The number of ketones is 1. The molecule has 2 N–H and O–H groups in total. The van der Waals surface area contributed by atoms with Crippen molar-refractivity contribution in [2.24, 2.45) is 5.73 Å². The molecule has 0 fully saturated rings. The number of carbonyl (C=O) groups excluding carboxylic acids is 1. The van der Waals surface area contributed by atoms with E-state index in [1.807, 2.05) is 12.1 Å². The topological polar surface area (TPSA) is 56.0 Å². The Morgan fingerprint density at radius 1 is 1.58 bits per heavy atom. The second-order valence-corrected chi connectivity index (χ2v) is 2.60. The van der Waals surface area contributed by atoms with Gasteiger partial charge in [-0.2, -0.15) is 0 Å². The van der Waals surface area contributed by atoms with Crippen molar-refractivity contribution in [2.45, 2.75) is 12.8 Å². The zero-order chi connectivity index (χ0) is 8.81. The zero-order valence-electron chi connectivity index (χ0n) is 6.86. The van der Waals surface area contributed by atoms with E-state index in [1.165, 1.54) is 0 Å². The lowest BCUT2D eigenvalue weighted by molar-refractivity contribution is -0.117. The Kier molecular flexibility index (Phi) is 3.41. The van der Waals surface area contributed by atoms with Gasteiger partial charge >= 0.3 is 0 Å². The third kappa shape index (κ3) is 2.80. The fraction of sp³-hybridized carbons (Fsp3) is 0.333. The Balaban J connectivity index is 2.38. The minimum Gasteiger partial charge on any atom is -0.324 e. The molecule has 0 radical (unpaired) electrons. The number of aryl methyl sites for hydroxylation is 1. The first kappa shape index (κ1) is 8.87. The van der Waals surface area contributed by atoms with Crippen molar-refractivity contribution < 1.29 is 4.79 Å². The number of pyridine rings is 1. The van der Waals surface area contributed by atoms with E-state index < -0.39 is 0 Å². The van der Waals surface area contributed by atoms with Crippen LogP contribution in [-0.4, -0.2) is 17.3 Å². The van der Waals surface area contributed by atoms with E-state index in [1.54, 1.807) is 12.4 Å². The summed E-state index contributed by atoms with van der Waals surface area (Å²) in [5, 5.41) is 0. The van der Waals surface area contributed by atoms with Crippen LogP contribution in [0.15, 0.2) is 24.5 Å². The molecule has 0 aliphatic carbocycles. The van der Waals surface area contributed by atoms with E-state index in [2.05, 4.69) is 4.98 Å². The third-order valence-corrected chi connectivity index (χ3v) is 1.64. The van der Waals surface area contributed by atoms with E-state index >= 15 is 0 Å². The van der Waals surface area contributed by atoms with Crippen LogP contribution in [0.1, 0.15) is 12.0 Å². The molecule has 0 amide bonds. The van der Waals surface area contributed by atoms with Crippen LogP contribution in [0.3, 0.4) is 0 Å². The summed E-state index contributed by atoms with van der Waals surface area (Å²) in [5.41, 5.74) is 6.25. The average molecular weight is 164 g/mol. The van der Waals surface area contributed by atoms with Gasteiger partial charge in [0.25, 0.3) is 0 Å². The molecule has 0 bridgehead atoms. The van der Waals surface area contributed by atoms with Crippen molar-refractivity contribution in [3.05, 3.63) is 30.1 Å². The highest BCUT2D eigenvalue weighted by molar-refractivity contribution is 5.80. The maximum Gasteiger partial charge on any atom is 0.146 e. The van der Waals surface area contributed by atoms with E-state index in [4.69, 9.17) is 5.73 Å². The van der Waals surface area contributed by atoms with Gasteiger partial charge in [-0.15, -0.1) is 0 Å². The largest absolute Gasteiger partial charge is 0.324 e. The molecule has 3 nitrogen and oxygen atoms in total. The van der Waals surface area contributed by atoms with Gasteiger partial charge < -0.3 is 5.73 Å². The Labute approximate surface area is 71.6 Å². The van der Waals surface area contributed by atoms with E-state index in [0.717, 1.165) is 12.0 Å². The Bertz CT molecular complexity index is 246. The summed E-state index contributed by atoms with van der Waals surface area (Å²) in [7, 11) is 0. The standard InChI is InChI=1S/C9H12N2O/c10-6-9(12)4-3-8-2-1-5-11-7-8/h1-2,5,7H,3-4,6,10H2. The quantitative estimate of drug-likeness (QED) is 0.706. The first-order chi connectivity index (χ1) is 5.83. The van der Waals surface area contributed by atoms with Gasteiger partial charge in [0, 0.05) is 18.8 Å². The highest BCUT2D eigenvalue weighted by atomic mass is 16.1. The molecule has 0 saturated carbocycles. The Morgan fingerprint density at radius 3 is 3.00 bits per heavy atom. The summed E-state index contributed by atoms with van der Waals surface area (Å²) < 4.78 is 0. The zero-order valence-corrected chi connectivity index (χ0v) is 6.86. The molecule has 0 aliphatic heterocycles. The van der Waals surface area contributed by atoms with Crippen LogP contribution >= 0.6 is 0 Å². The fourth-order valence-electron chi connectivity index (χ4n) is 0.932. The van der Waals surface area contributed by atoms with Gasteiger partial charge in [0.15, 0.2) is 0 Å². The van der Waals surface area contributed by atoms with Crippen LogP contribution in [0.5, 0.6) is 0 Å². The number of rotatable bonds is 4. The number of hydrogen-bond acceptors (Lipinski definition) is 3. The van der Waals surface area contributed by atoms with Gasteiger partial charge in [0.2, 0.25) is 0 Å². The van der Waals surface area contributed by atoms with Crippen LogP contribution in [0.2, 0.25) is 0 Å². The summed E-state index contributed by atoms with van der Waals surface area (Å²) in [6.07, 6.45) is 4.74. The van der Waals surface area contributed by atoms with Crippen molar-refractivity contribution in [3.63, 3.8) is 0 Å². The SMILES string of the molecule is NCC(=O)CCc1cccnc1. The van der Waals surface area contributed by atoms with Gasteiger partial charge in [-0.3, -0.25) is 9.78 Å². The molecule has 0 spiro atoms. The second-order valence-electron chi connectivity index (χ2n) is 2.60. The van der Waals surface area contributed by atoms with Crippen LogP contribution in [0.25, 0.3) is 0 Å². The lowest BCUT2D eigenvalue weighted by atomic mass is 10.1. The molecule has 0 aliphatic rings. The first-order valence-corrected chi connectivity index (χ1v) is 3.93. The molecular formula is C9H12N2O. The molecule has 0 unspecified atom stereocenters. The van der Waals surface area contributed by atoms with Crippen molar-refractivity contribution in [1.82, 2.24) is 4.98 Å². The maximum atomic E-state index is 10.8. The minimum absolute atomic E-state index is 0.0962. The Morgan fingerprint density at radius 2 is 2.42 bits per heavy atom. The highest BCUT2D eigenvalue weighted by Gasteiger charge is 1.98. The van der Waals surface area contributed by atoms with Crippen LogP contribution in [0, 0.1) is 0 Å². The molecule has 1 aromatic rings. The molecule has 12 heavy (non-hydrogen) atoms. The molecule has 1 heterocycles. The average Bonchev–Trinajstić information content (AvgIpc) is 2.16. The van der Waals surface area contributed by atoms with Crippen LogP contribution in [0.4, 0.5) is 0 Å². The van der Waals surface area contributed by atoms with Gasteiger partial charge in [-0.25, -0.2) is 0 Å². The summed E-state index contributed by atoms with van der Waals surface area (Å²) in [4.78, 5) is 14.8. The summed E-state index contributed by atoms with van der Waals surface area (Å²) in [6.45, 7) is 0.139. The lowest BCUT2D eigenvalue weighted by Crippen LogP contribution is -2.13. The van der Waals surface area contributed by atoms with Crippen molar-refractivity contribution in [3.8, 4) is 0 Å². The number of carbonyl (C=O) groups is 1. The van der Waals surface area contributed by atoms with Gasteiger partial charge in [-0.1, -0.05) is 6.07 Å². The predicted molar refractivity (Wildman–Crippen MR) is 46.6 cm³/mol. The maximum absolute atomic E-state index is 10.8. The molecule has 1 rings (SSSR count). The number of hydrogen-bond donors (Lipinski definition) is 1. The van der Waals surface area contributed by atoms with E-state index in [0.29, 0.717) is 6.42 Å². The summed E-state index contributed by atoms with van der Waals surface area (Å²) in [6, 6.07) is 3.82. The van der Waals surface area contributed by atoms with Crippen molar-refractivity contribution in [2.75, 3.05) is 6.54 Å². The van der Waals surface area contributed by atoms with Crippen LogP contribution < -0.4 is 5.73 Å². The molecule has 0 aromatic carbocycles. The summed E-state index contributed by atoms with van der Waals surface area (Å²) in [5.74, 6) is 0.0962. The van der Waals surface area contributed by atoms with E-state index in [-0.39, 0.29) is 12.3 Å². The smallest absolute Gasteiger partial charge is 0.146 e. The molecule has 0 saturated heterocycles. The van der Waals surface area contributed by atoms with Gasteiger partial charge in [0.1, 0.15) is 5.78 Å². The monoisotopic (exact) mass is 164 g/mol. The van der Waals surface area contributed by atoms with Crippen LogP contribution in [-0.2, 0) is 11.2 Å². The molecular weight excluding hydrogens is 152 g/mol. The highest BCUT2D eigenvalue weighted by Crippen LogP contribution is 1.99. The number of Topliss-reactive ketones (excluding diaryl/α,β-unsaturated/α-hetero) is 1. The minimum atomic E-state index is 0.0962. The summed E-state index contributed by atoms with van der Waals surface area (Å²) >= 11 is 0. The number of nitrogens with zero attached hydrogens (tertiary/aromatic N) is 1. The van der Waals surface area contributed by atoms with Crippen molar-refractivity contribution >= 4 is 5.78 Å². The van der Waals surface area contributed by atoms with E-state index in [9.17, 15) is 4.79 Å². The molecule has 3 heteroatoms. The molecule has 0 atom stereocenters. The Hall–Kier alpha value is -1.22. The fourth-order valence-corrected chi connectivity index (χ4v) is 0.932. The number of nitrogens with two attached hydrogens (primary N) is 1. The van der Waals surface area contributed by atoms with Gasteiger partial charge in [-0.05, 0) is 18.1 Å². The normalized spacial score (nSPS) is 9.75. The molecule has 64 valence electrons. The third-order valence-electron chi connectivity index (χ3n) is 1.64. The lowest BCUT2D eigenvalue weighted by Gasteiger charge is -1.97. The van der Waals surface area contributed by atoms with Crippen molar-refractivity contribution in [1.29, 1.82) is 0 Å². The van der Waals surface area contributed by atoms with Gasteiger partial charge in [0.05, 0.1) is 6.54 Å². The first-order valence-electron chi connectivity index (χ1n) is 3.93. The predicted octanol–water partition coefficient (Wildman–Crippen LogP) is 0.542.